The van der Waals surface area contributed by atoms with Crippen molar-refractivity contribution < 1.29 is 22.7 Å². The van der Waals surface area contributed by atoms with Gasteiger partial charge in [-0.1, -0.05) is 21.6 Å². The molecule has 0 aliphatic heterocycles. The van der Waals surface area contributed by atoms with Gasteiger partial charge in [0.15, 0.2) is 9.84 Å². The predicted octanol–water partition coefficient (Wildman–Crippen LogP) is 2.68. The van der Waals surface area contributed by atoms with Gasteiger partial charge >= 0.3 is 5.97 Å². The van der Waals surface area contributed by atoms with Gasteiger partial charge < -0.3 is 15.4 Å². The molecule has 0 saturated carbocycles. The summed E-state index contributed by atoms with van der Waals surface area (Å²) in [6, 6.07) is 2.02. The SMILES string of the molecule is CSCCCNCSSCC(Cc1ccsc1)C(=O)NCCC(=O)OCCS(C)(=O)=O. The largest absolute Gasteiger partial charge is 0.465 e. The van der Waals surface area contributed by atoms with Crippen LogP contribution in [0.1, 0.15) is 18.4 Å². The lowest BCUT2D eigenvalue weighted by Crippen LogP contribution is -2.35. The van der Waals surface area contributed by atoms with Crippen molar-refractivity contribution in [1.82, 2.24) is 10.6 Å². The molecule has 12 heteroatoms. The monoisotopic (exact) mass is 528 g/mol. The van der Waals surface area contributed by atoms with Gasteiger partial charge in [-0.05, 0) is 53.8 Å². The smallest absolute Gasteiger partial charge is 0.307 e. The molecule has 0 spiro atoms. The summed E-state index contributed by atoms with van der Waals surface area (Å²) in [5, 5.41) is 10.2. The van der Waals surface area contributed by atoms with Gasteiger partial charge in [0.25, 0.3) is 0 Å². The van der Waals surface area contributed by atoms with Crippen LogP contribution >= 0.6 is 44.7 Å². The zero-order valence-corrected chi connectivity index (χ0v) is 22.0. The predicted molar refractivity (Wildman–Crippen MR) is 136 cm³/mol. The molecule has 31 heavy (non-hydrogen) atoms. The lowest BCUT2D eigenvalue weighted by atomic mass is 10.0. The summed E-state index contributed by atoms with van der Waals surface area (Å²) in [5.41, 5.74) is 1.13. The van der Waals surface area contributed by atoms with E-state index >= 15 is 0 Å². The normalized spacial score (nSPS) is 12.5. The van der Waals surface area contributed by atoms with E-state index in [1.807, 2.05) is 28.6 Å². The third-order valence-corrected chi connectivity index (χ3v) is 8.62. The molecule has 1 aromatic rings. The molecule has 7 nitrogen and oxygen atoms in total. The molecule has 1 heterocycles. The Hall–Kier alpha value is -0.400. The number of hydrogen-bond acceptors (Lipinski definition) is 10. The Balaban J connectivity index is 2.33. The van der Waals surface area contributed by atoms with E-state index in [2.05, 4.69) is 16.9 Å². The summed E-state index contributed by atoms with van der Waals surface area (Å²) < 4.78 is 27.0. The number of esters is 1. The molecule has 1 rings (SSSR count). The molecule has 1 atom stereocenters. The Morgan fingerprint density at radius 1 is 1.26 bits per heavy atom. The minimum Gasteiger partial charge on any atom is -0.465 e. The molecule has 0 saturated heterocycles. The van der Waals surface area contributed by atoms with E-state index < -0.39 is 15.8 Å². The number of hydrogen-bond donors (Lipinski definition) is 2. The molecule has 0 aliphatic rings. The number of carbonyl (C=O) groups is 2. The number of nitrogens with one attached hydrogen (secondary N) is 2. The van der Waals surface area contributed by atoms with E-state index in [9.17, 15) is 18.0 Å². The van der Waals surface area contributed by atoms with E-state index in [0.29, 0.717) is 12.2 Å². The van der Waals surface area contributed by atoms with Crippen LogP contribution in [0.4, 0.5) is 0 Å². The molecule has 2 N–H and O–H groups in total. The molecule has 0 aliphatic carbocycles. The number of thioether (sulfide) groups is 1. The van der Waals surface area contributed by atoms with Crippen LogP contribution in [0.15, 0.2) is 16.8 Å². The van der Waals surface area contributed by atoms with E-state index in [1.54, 1.807) is 32.9 Å². The van der Waals surface area contributed by atoms with Crippen LogP contribution in [0.5, 0.6) is 0 Å². The maximum atomic E-state index is 12.7. The number of rotatable bonds is 18. The van der Waals surface area contributed by atoms with Crippen LogP contribution in [0.2, 0.25) is 0 Å². The minimum atomic E-state index is -3.17. The summed E-state index contributed by atoms with van der Waals surface area (Å²) in [5.74, 6) is 1.67. The number of thiophene rings is 1. The van der Waals surface area contributed by atoms with Crippen molar-refractivity contribution in [1.29, 1.82) is 0 Å². The van der Waals surface area contributed by atoms with Gasteiger partial charge in [-0.25, -0.2) is 8.42 Å². The highest BCUT2D eigenvalue weighted by atomic mass is 33.1. The van der Waals surface area contributed by atoms with Gasteiger partial charge in [0.1, 0.15) is 6.61 Å². The number of ether oxygens (including phenoxy) is 1. The van der Waals surface area contributed by atoms with Crippen LogP contribution < -0.4 is 10.6 Å². The molecule has 0 radical (unpaired) electrons. The second-order valence-corrected chi connectivity index (χ2v) is 13.4. The Bertz CT molecular complexity index is 728. The number of carbonyl (C=O) groups excluding carboxylic acids is 2. The van der Waals surface area contributed by atoms with E-state index in [4.69, 9.17) is 4.74 Å². The van der Waals surface area contributed by atoms with E-state index in [0.717, 1.165) is 36.4 Å². The van der Waals surface area contributed by atoms with Crippen LogP contribution in [0, 0.1) is 5.92 Å². The van der Waals surface area contributed by atoms with Crippen molar-refractivity contribution >= 4 is 66.4 Å². The number of sulfone groups is 1. The highest BCUT2D eigenvalue weighted by Gasteiger charge is 2.20. The fourth-order valence-electron chi connectivity index (χ4n) is 2.36. The molecule has 1 unspecified atom stereocenters. The Kier molecular flexibility index (Phi) is 15.8. The van der Waals surface area contributed by atoms with Crippen LogP contribution in [0.25, 0.3) is 0 Å². The third kappa shape index (κ3) is 15.9. The highest BCUT2D eigenvalue weighted by Crippen LogP contribution is 2.25. The van der Waals surface area contributed by atoms with Crippen molar-refractivity contribution in [2.75, 3.05) is 55.3 Å². The minimum absolute atomic E-state index is 0.0164. The van der Waals surface area contributed by atoms with E-state index in [-0.39, 0.29) is 37.2 Å². The molecule has 0 fully saturated rings. The molecule has 178 valence electrons. The maximum absolute atomic E-state index is 12.7. The average molecular weight is 529 g/mol. The molecule has 1 amide bonds. The summed E-state index contributed by atoms with van der Waals surface area (Å²) in [6.07, 6.45) is 5.01. The fraction of sp³-hybridized carbons (Fsp3) is 0.684. The first-order valence-electron chi connectivity index (χ1n) is 9.88. The first-order valence-corrected chi connectivity index (χ1v) is 16.8. The second kappa shape index (κ2) is 17.1. The quantitative estimate of drug-likeness (QED) is 0.129. The first-order chi connectivity index (χ1) is 14.8. The molecule has 0 aromatic carbocycles. The van der Waals surface area contributed by atoms with Gasteiger partial charge in [-0.3, -0.25) is 9.59 Å². The lowest BCUT2D eigenvalue weighted by Gasteiger charge is -2.16. The van der Waals surface area contributed by atoms with Crippen molar-refractivity contribution in [2.45, 2.75) is 19.3 Å². The molecular formula is C19H32N2O5S5. The maximum Gasteiger partial charge on any atom is 0.307 e. The Morgan fingerprint density at radius 3 is 2.74 bits per heavy atom. The Morgan fingerprint density at radius 2 is 2.06 bits per heavy atom. The van der Waals surface area contributed by atoms with Crippen molar-refractivity contribution in [3.05, 3.63) is 22.4 Å². The highest BCUT2D eigenvalue weighted by molar-refractivity contribution is 8.76. The summed E-state index contributed by atoms with van der Waals surface area (Å²) in [6.45, 7) is 1.00. The number of amides is 1. The van der Waals surface area contributed by atoms with Gasteiger partial charge in [0, 0.05) is 18.6 Å². The lowest BCUT2D eigenvalue weighted by molar-refractivity contribution is -0.142. The van der Waals surface area contributed by atoms with Gasteiger partial charge in [0.05, 0.1) is 24.0 Å². The zero-order valence-electron chi connectivity index (χ0n) is 18.0. The first kappa shape index (κ1) is 28.6. The van der Waals surface area contributed by atoms with Crippen LogP contribution in [-0.4, -0.2) is 75.6 Å². The fourth-order valence-corrected chi connectivity index (χ4v) is 5.98. The van der Waals surface area contributed by atoms with E-state index in [1.165, 1.54) is 0 Å². The van der Waals surface area contributed by atoms with Crippen molar-refractivity contribution in [3.63, 3.8) is 0 Å². The third-order valence-electron chi connectivity index (χ3n) is 3.99. The Labute approximate surface area is 201 Å². The van der Waals surface area contributed by atoms with Crippen molar-refractivity contribution in [3.8, 4) is 0 Å². The second-order valence-electron chi connectivity index (χ2n) is 6.82. The van der Waals surface area contributed by atoms with Crippen LogP contribution in [0.3, 0.4) is 0 Å². The topological polar surface area (TPSA) is 102 Å². The zero-order chi connectivity index (χ0) is 23.0. The average Bonchev–Trinajstić information content (AvgIpc) is 3.21. The van der Waals surface area contributed by atoms with Crippen molar-refractivity contribution in [2.24, 2.45) is 5.92 Å². The van der Waals surface area contributed by atoms with Crippen LogP contribution in [-0.2, 0) is 30.6 Å². The summed E-state index contributed by atoms with van der Waals surface area (Å²) in [7, 11) is 0.214. The summed E-state index contributed by atoms with van der Waals surface area (Å²) in [4.78, 5) is 24.3. The molecule has 0 bridgehead atoms. The standard InChI is InChI=1S/C19H32N2O5S5/c1-27-9-3-6-20-15-30-29-14-17(12-16-5-10-28-13-16)19(23)21-7-4-18(22)26-8-11-31(2,24)25/h5,10,13,17,20H,3-4,6-9,11-12,14-15H2,1-2H3,(H,21,23). The molecular weight excluding hydrogens is 497 g/mol. The van der Waals surface area contributed by atoms with Gasteiger partial charge in [-0.15, -0.1) is 0 Å². The summed E-state index contributed by atoms with van der Waals surface area (Å²) >= 11 is 3.45. The molecule has 1 aromatic heterocycles. The van der Waals surface area contributed by atoms with Gasteiger partial charge in [0.2, 0.25) is 5.91 Å². The van der Waals surface area contributed by atoms with Gasteiger partial charge in [-0.2, -0.15) is 23.1 Å².